The first-order chi connectivity index (χ1) is 18.4. The number of carbonyl (C=O) groups is 1. The molecule has 1 aliphatic heterocycles. The van der Waals surface area contributed by atoms with Crippen molar-refractivity contribution in [3.63, 3.8) is 0 Å². The van der Waals surface area contributed by atoms with Crippen molar-refractivity contribution < 1.29 is 24.1 Å². The van der Waals surface area contributed by atoms with Crippen molar-refractivity contribution in [1.29, 1.82) is 0 Å². The van der Waals surface area contributed by atoms with Gasteiger partial charge in [-0.3, -0.25) is 4.79 Å². The van der Waals surface area contributed by atoms with Crippen LogP contribution in [0.2, 0.25) is 10.0 Å². The SMILES string of the molecule is O=C(N/N=C/c1cc(Cl)c(OCc2ccc3c(c2)OCO3)c(Cl)c1)C(O)(c1ccccc1)c1ccccc1. The predicted octanol–water partition coefficient (Wildman–Crippen LogP) is 5.69. The van der Waals surface area contributed by atoms with Crippen molar-refractivity contribution in [2.24, 2.45) is 5.10 Å². The number of hydrazone groups is 1. The second kappa shape index (κ2) is 11.1. The Balaban J connectivity index is 1.29. The topological polar surface area (TPSA) is 89.4 Å². The van der Waals surface area contributed by atoms with E-state index in [1.807, 2.05) is 18.2 Å². The van der Waals surface area contributed by atoms with E-state index in [0.717, 1.165) is 5.56 Å². The van der Waals surface area contributed by atoms with Gasteiger partial charge in [0.1, 0.15) is 6.61 Å². The predicted molar refractivity (Wildman–Crippen MR) is 145 cm³/mol. The fraction of sp³-hybridized carbons (Fsp3) is 0.103. The van der Waals surface area contributed by atoms with Gasteiger partial charge in [0, 0.05) is 0 Å². The van der Waals surface area contributed by atoms with E-state index in [1.54, 1.807) is 72.8 Å². The molecule has 5 rings (SSSR count). The number of ether oxygens (including phenoxy) is 3. The van der Waals surface area contributed by atoms with Gasteiger partial charge in [0.25, 0.3) is 5.91 Å². The number of rotatable bonds is 8. The first-order valence-corrected chi connectivity index (χ1v) is 12.4. The summed E-state index contributed by atoms with van der Waals surface area (Å²) in [5.41, 5.74) is 2.70. The summed E-state index contributed by atoms with van der Waals surface area (Å²) in [6, 6.07) is 26.1. The molecule has 0 bridgehead atoms. The molecule has 0 saturated carbocycles. The summed E-state index contributed by atoms with van der Waals surface area (Å²) in [6.45, 7) is 0.412. The van der Waals surface area contributed by atoms with Crippen molar-refractivity contribution in [3.8, 4) is 17.2 Å². The largest absolute Gasteiger partial charge is 0.486 e. The standard InChI is InChI=1S/C29H22Cl2N2O5/c30-23-13-20(14-24(31)27(23)36-17-19-11-12-25-26(15-19)38-18-37-25)16-32-33-28(34)29(35,21-7-3-1-4-8-21)22-9-5-2-6-10-22/h1-16,35H,17-18H2,(H,33,34)/b32-16+. The van der Waals surface area contributed by atoms with Crippen LogP contribution in [0.15, 0.2) is 96.1 Å². The van der Waals surface area contributed by atoms with Crippen LogP contribution in [-0.4, -0.2) is 24.0 Å². The zero-order valence-electron chi connectivity index (χ0n) is 19.9. The van der Waals surface area contributed by atoms with Gasteiger partial charge in [0.15, 0.2) is 22.8 Å². The first-order valence-electron chi connectivity index (χ1n) is 11.6. The fourth-order valence-electron chi connectivity index (χ4n) is 4.01. The molecule has 7 nitrogen and oxygen atoms in total. The zero-order chi connectivity index (χ0) is 26.5. The molecule has 1 aliphatic rings. The molecule has 0 aliphatic carbocycles. The van der Waals surface area contributed by atoms with Crippen molar-refractivity contribution in [2.45, 2.75) is 12.2 Å². The van der Waals surface area contributed by atoms with Crippen LogP contribution in [0.3, 0.4) is 0 Å². The quantitative estimate of drug-likeness (QED) is 0.218. The van der Waals surface area contributed by atoms with Crippen LogP contribution < -0.4 is 19.6 Å². The van der Waals surface area contributed by atoms with Crippen molar-refractivity contribution in [2.75, 3.05) is 6.79 Å². The van der Waals surface area contributed by atoms with Gasteiger partial charge in [-0.15, -0.1) is 0 Å². The van der Waals surface area contributed by atoms with Gasteiger partial charge < -0.3 is 19.3 Å². The summed E-state index contributed by atoms with van der Waals surface area (Å²) in [4.78, 5) is 13.2. The van der Waals surface area contributed by atoms with Crippen molar-refractivity contribution in [3.05, 3.63) is 123 Å². The minimum Gasteiger partial charge on any atom is -0.486 e. The summed E-state index contributed by atoms with van der Waals surface area (Å²) < 4.78 is 16.6. The number of benzene rings is 4. The van der Waals surface area contributed by atoms with E-state index in [4.69, 9.17) is 37.4 Å². The Morgan fingerprint density at radius 1 is 0.921 bits per heavy atom. The Labute approximate surface area is 229 Å². The molecule has 0 aromatic heterocycles. The van der Waals surface area contributed by atoms with Crippen molar-refractivity contribution in [1.82, 2.24) is 5.43 Å². The number of hydrogen-bond donors (Lipinski definition) is 2. The highest BCUT2D eigenvalue weighted by atomic mass is 35.5. The Kier molecular flexibility index (Phi) is 7.51. The number of amides is 1. The lowest BCUT2D eigenvalue weighted by Gasteiger charge is -2.27. The normalized spacial score (nSPS) is 12.5. The Hall–Kier alpha value is -4.04. The van der Waals surface area contributed by atoms with E-state index in [9.17, 15) is 9.90 Å². The second-order valence-corrected chi connectivity index (χ2v) is 9.25. The molecular formula is C29H22Cl2N2O5. The summed E-state index contributed by atoms with van der Waals surface area (Å²) in [5, 5.41) is 16.1. The van der Waals surface area contributed by atoms with Crippen LogP contribution in [0.4, 0.5) is 0 Å². The summed E-state index contributed by atoms with van der Waals surface area (Å²) in [5.74, 6) is 0.941. The molecule has 0 radical (unpaired) electrons. The summed E-state index contributed by atoms with van der Waals surface area (Å²) in [7, 11) is 0. The maximum absolute atomic E-state index is 13.2. The van der Waals surface area contributed by atoms with Gasteiger partial charge in [-0.1, -0.05) is 89.9 Å². The van der Waals surface area contributed by atoms with Crippen LogP contribution in [0.25, 0.3) is 0 Å². The molecule has 0 saturated heterocycles. The van der Waals surface area contributed by atoms with Gasteiger partial charge >= 0.3 is 0 Å². The maximum Gasteiger partial charge on any atom is 0.281 e. The minimum absolute atomic E-state index is 0.193. The van der Waals surface area contributed by atoms with E-state index in [-0.39, 0.29) is 23.4 Å². The number of aliphatic hydroxyl groups is 1. The molecule has 4 aromatic rings. The van der Waals surface area contributed by atoms with Crippen molar-refractivity contribution >= 4 is 35.3 Å². The van der Waals surface area contributed by atoms with Crippen LogP contribution in [-0.2, 0) is 17.0 Å². The molecule has 0 unspecified atom stereocenters. The Morgan fingerprint density at radius 2 is 1.53 bits per heavy atom. The third-order valence-electron chi connectivity index (χ3n) is 5.93. The highest BCUT2D eigenvalue weighted by Gasteiger charge is 2.39. The van der Waals surface area contributed by atoms with E-state index in [1.165, 1.54) is 6.21 Å². The number of halogens is 2. The third-order valence-corrected chi connectivity index (χ3v) is 6.49. The number of fused-ring (bicyclic) bond motifs is 1. The van der Waals surface area contributed by atoms with Gasteiger partial charge in [0.2, 0.25) is 6.79 Å². The van der Waals surface area contributed by atoms with E-state index in [0.29, 0.717) is 33.9 Å². The summed E-state index contributed by atoms with van der Waals surface area (Å²) in [6.07, 6.45) is 1.38. The molecule has 1 heterocycles. The minimum atomic E-state index is -1.94. The van der Waals surface area contributed by atoms with Crippen LogP contribution in [0, 0.1) is 0 Å². The molecule has 0 fully saturated rings. The van der Waals surface area contributed by atoms with Crippen LogP contribution >= 0.6 is 23.2 Å². The fourth-order valence-corrected chi connectivity index (χ4v) is 4.63. The molecular weight excluding hydrogens is 527 g/mol. The first kappa shape index (κ1) is 25.6. The smallest absolute Gasteiger partial charge is 0.281 e. The maximum atomic E-state index is 13.2. The third kappa shape index (κ3) is 5.31. The number of carbonyl (C=O) groups excluding carboxylic acids is 1. The van der Waals surface area contributed by atoms with Gasteiger partial charge in [-0.25, -0.2) is 5.43 Å². The highest BCUT2D eigenvalue weighted by Crippen LogP contribution is 2.36. The average Bonchev–Trinajstić information content (AvgIpc) is 3.41. The Morgan fingerprint density at radius 3 is 2.16 bits per heavy atom. The lowest BCUT2D eigenvalue weighted by atomic mass is 9.85. The van der Waals surface area contributed by atoms with E-state index < -0.39 is 11.5 Å². The molecule has 0 atom stereocenters. The molecule has 2 N–H and O–H groups in total. The monoisotopic (exact) mass is 548 g/mol. The van der Waals surface area contributed by atoms with Gasteiger partial charge in [-0.05, 0) is 46.5 Å². The van der Waals surface area contributed by atoms with Gasteiger partial charge in [-0.2, -0.15) is 5.10 Å². The van der Waals surface area contributed by atoms with Crippen LogP contribution in [0.5, 0.6) is 17.2 Å². The number of nitrogens with zero attached hydrogens (tertiary/aromatic N) is 1. The number of nitrogens with one attached hydrogen (secondary N) is 1. The molecule has 9 heteroatoms. The summed E-state index contributed by atoms with van der Waals surface area (Å²) >= 11 is 12.9. The molecule has 1 amide bonds. The van der Waals surface area contributed by atoms with Gasteiger partial charge in [0.05, 0.1) is 16.3 Å². The van der Waals surface area contributed by atoms with Crippen LogP contribution in [0.1, 0.15) is 22.3 Å². The molecule has 38 heavy (non-hydrogen) atoms. The zero-order valence-corrected chi connectivity index (χ0v) is 21.4. The lowest BCUT2D eigenvalue weighted by molar-refractivity contribution is -0.136. The Bertz CT molecular complexity index is 1420. The lowest BCUT2D eigenvalue weighted by Crippen LogP contribution is -2.43. The molecule has 4 aromatic carbocycles. The number of hydrogen-bond acceptors (Lipinski definition) is 6. The highest BCUT2D eigenvalue weighted by molar-refractivity contribution is 6.37. The van der Waals surface area contributed by atoms with E-state index in [2.05, 4.69) is 10.5 Å². The molecule has 0 spiro atoms. The van der Waals surface area contributed by atoms with E-state index >= 15 is 0 Å². The average molecular weight is 549 g/mol. The molecule has 192 valence electrons. The second-order valence-electron chi connectivity index (χ2n) is 8.43.